The number of fused-ring (bicyclic) bond motifs is 7. The van der Waals surface area contributed by atoms with Crippen LogP contribution in [0.3, 0.4) is 0 Å². The van der Waals surface area contributed by atoms with E-state index in [4.69, 9.17) is 9.47 Å². The molecule has 1 aromatic carbocycles. The van der Waals surface area contributed by atoms with Crippen LogP contribution < -0.4 is 5.32 Å². The van der Waals surface area contributed by atoms with E-state index in [9.17, 15) is 24.6 Å². The molecule has 270 valence electrons. The first-order chi connectivity index (χ1) is 22.9. The summed E-state index contributed by atoms with van der Waals surface area (Å²) in [5, 5.41) is 25.8. The van der Waals surface area contributed by atoms with Crippen LogP contribution in [0.25, 0.3) is 0 Å². The highest BCUT2D eigenvalue weighted by Crippen LogP contribution is 2.76. The van der Waals surface area contributed by atoms with Crippen LogP contribution in [0.4, 0.5) is 5.69 Å². The largest absolute Gasteiger partial charge is 0.465 e. The number of hydrogen-bond acceptors (Lipinski definition) is 7. The summed E-state index contributed by atoms with van der Waals surface area (Å²) < 4.78 is 11.7. The summed E-state index contributed by atoms with van der Waals surface area (Å²) in [7, 11) is 0. The molecule has 0 saturated heterocycles. The van der Waals surface area contributed by atoms with Gasteiger partial charge in [-0.05, 0) is 105 Å². The number of ether oxygens (including phenoxy) is 2. The topological polar surface area (TPSA) is 122 Å². The Morgan fingerprint density at radius 2 is 1.61 bits per heavy atom. The van der Waals surface area contributed by atoms with Gasteiger partial charge in [0.15, 0.2) is 0 Å². The van der Waals surface area contributed by atoms with E-state index in [0.29, 0.717) is 30.0 Å². The van der Waals surface area contributed by atoms with Crippen LogP contribution in [-0.4, -0.2) is 46.4 Å². The smallest absolute Gasteiger partial charge is 0.302 e. The molecule has 0 aromatic heterocycles. The van der Waals surface area contributed by atoms with Crippen molar-refractivity contribution in [3.63, 3.8) is 0 Å². The Bertz CT molecular complexity index is 1530. The number of amides is 1. The maximum atomic E-state index is 14.7. The molecule has 0 heterocycles. The van der Waals surface area contributed by atoms with Gasteiger partial charge in [-0.3, -0.25) is 14.4 Å². The fraction of sp³-hybridized carbons (Fsp3) is 0.732. The van der Waals surface area contributed by atoms with Gasteiger partial charge in [-0.25, -0.2) is 0 Å². The minimum atomic E-state index is -1.07. The number of benzene rings is 1. The second-order valence-corrected chi connectivity index (χ2v) is 17.7. The van der Waals surface area contributed by atoms with E-state index in [2.05, 4.69) is 46.0 Å². The first kappa shape index (κ1) is 36.1. The normalized spacial score (nSPS) is 44.2. The zero-order chi connectivity index (χ0) is 35.8. The quantitative estimate of drug-likeness (QED) is 0.212. The van der Waals surface area contributed by atoms with E-state index in [1.165, 1.54) is 19.4 Å². The molecule has 1 amide bonds. The van der Waals surface area contributed by atoms with Gasteiger partial charge in [-0.2, -0.15) is 0 Å². The van der Waals surface area contributed by atoms with Crippen LogP contribution in [0.1, 0.15) is 119 Å². The highest BCUT2D eigenvalue weighted by atomic mass is 16.6. The van der Waals surface area contributed by atoms with E-state index in [-0.39, 0.29) is 71.2 Å². The summed E-state index contributed by atoms with van der Waals surface area (Å²) in [5.74, 6) is -0.467. The molecule has 3 N–H and O–H groups in total. The number of carbonyl (C=O) groups is 3. The first-order valence-corrected chi connectivity index (χ1v) is 18.6. The Hall–Kier alpha value is -2.71. The second-order valence-electron chi connectivity index (χ2n) is 17.7. The van der Waals surface area contributed by atoms with Gasteiger partial charge >= 0.3 is 11.9 Å². The average Bonchev–Trinajstić information content (AvgIpc) is 3.03. The molecule has 0 spiro atoms. The molecule has 8 nitrogen and oxygen atoms in total. The number of allylic oxidation sites excluding steroid dienone is 1. The van der Waals surface area contributed by atoms with Crippen molar-refractivity contribution in [1.82, 2.24) is 0 Å². The lowest BCUT2D eigenvalue weighted by molar-refractivity contribution is -0.230. The third-order valence-electron chi connectivity index (χ3n) is 15.6. The van der Waals surface area contributed by atoms with Crippen LogP contribution in [0.15, 0.2) is 35.9 Å². The summed E-state index contributed by atoms with van der Waals surface area (Å²) in [6, 6.07) is 7.42. The molecule has 3 unspecified atom stereocenters. The van der Waals surface area contributed by atoms with Gasteiger partial charge in [0.2, 0.25) is 5.91 Å². The van der Waals surface area contributed by atoms with Gasteiger partial charge in [-0.1, -0.05) is 64.5 Å². The average molecular weight is 678 g/mol. The number of para-hydroxylation sites is 1. The Labute approximate surface area is 292 Å². The van der Waals surface area contributed by atoms with Crippen molar-refractivity contribution >= 4 is 23.5 Å². The minimum absolute atomic E-state index is 0.0312. The summed E-state index contributed by atoms with van der Waals surface area (Å²) in [4.78, 5) is 39.0. The predicted octanol–water partition coefficient (Wildman–Crippen LogP) is 7.36. The third-order valence-corrected chi connectivity index (χ3v) is 15.6. The Morgan fingerprint density at radius 1 is 0.898 bits per heavy atom. The molecule has 1 aromatic rings. The van der Waals surface area contributed by atoms with Crippen molar-refractivity contribution < 1.29 is 34.1 Å². The van der Waals surface area contributed by atoms with E-state index in [1.54, 1.807) is 0 Å². The number of rotatable bonds is 6. The summed E-state index contributed by atoms with van der Waals surface area (Å²) in [6.07, 6.45) is 9.48. The number of hydrogen-bond donors (Lipinski definition) is 3. The number of aliphatic hydroxyl groups excluding tert-OH is 1. The molecular formula is C41H59NO7. The number of nitrogens with one attached hydrogen (secondary N) is 1. The lowest BCUT2D eigenvalue weighted by Gasteiger charge is -2.72. The number of anilines is 1. The van der Waals surface area contributed by atoms with Gasteiger partial charge in [0, 0.05) is 36.4 Å². The molecule has 8 heteroatoms. The molecule has 6 rings (SSSR count). The van der Waals surface area contributed by atoms with Gasteiger partial charge in [0.1, 0.15) is 12.7 Å². The summed E-state index contributed by atoms with van der Waals surface area (Å²) in [5.41, 5.74) is -0.210. The van der Waals surface area contributed by atoms with Crippen molar-refractivity contribution in [3.8, 4) is 0 Å². The second kappa shape index (κ2) is 12.2. The SMILES string of the molecule is CC(=O)OC[C@@]1(C)C2CC[C@]3(C)C(CC=C4C5[C@](C(=O)Nc6ccccc6CO)(CC[C@@H](C)[C@@]5(C)O)CC[C@]43C)[C@@]2(C)CC[C@@H]1OC(C)=O. The fourth-order valence-electron chi connectivity index (χ4n) is 12.5. The van der Waals surface area contributed by atoms with E-state index in [1.807, 2.05) is 31.2 Å². The van der Waals surface area contributed by atoms with Crippen molar-refractivity contribution in [1.29, 1.82) is 0 Å². The molecule has 11 atom stereocenters. The van der Waals surface area contributed by atoms with Gasteiger partial charge in [0.25, 0.3) is 0 Å². The summed E-state index contributed by atoms with van der Waals surface area (Å²) >= 11 is 0. The Kier molecular flexibility index (Phi) is 9.00. The first-order valence-electron chi connectivity index (χ1n) is 18.6. The van der Waals surface area contributed by atoms with Gasteiger partial charge in [0.05, 0.1) is 17.6 Å². The van der Waals surface area contributed by atoms with Crippen molar-refractivity contribution in [2.45, 2.75) is 131 Å². The standard InChI is InChI=1S/C41H59NO7/c1-25-15-20-41(35(46)42-30-12-10-9-11-28(30)23-43)22-21-38(6)29(34(41)40(25,8)47)13-14-32-36(4)18-17-33(49-27(3)45)37(5,24-48-26(2)44)31(36)16-19-39(32,38)7/h9-13,25,31-34,43,47H,14-24H2,1-8H3,(H,42,46)/t25-,31?,32?,33+,34?,36+,37+,38-,39-,40-,41+/m1/s1. The zero-order valence-electron chi connectivity index (χ0n) is 31.0. The van der Waals surface area contributed by atoms with E-state index in [0.717, 1.165) is 44.9 Å². The molecule has 49 heavy (non-hydrogen) atoms. The molecule has 0 bridgehead atoms. The van der Waals surface area contributed by atoms with E-state index >= 15 is 0 Å². The minimum Gasteiger partial charge on any atom is -0.465 e. The van der Waals surface area contributed by atoms with Crippen molar-refractivity contribution in [3.05, 3.63) is 41.5 Å². The van der Waals surface area contributed by atoms with Crippen LogP contribution in [0, 0.1) is 50.7 Å². The Balaban J connectivity index is 1.41. The Morgan fingerprint density at radius 3 is 2.29 bits per heavy atom. The van der Waals surface area contributed by atoms with Crippen LogP contribution in [0.2, 0.25) is 0 Å². The van der Waals surface area contributed by atoms with Crippen LogP contribution in [-0.2, 0) is 30.5 Å². The maximum absolute atomic E-state index is 14.7. The predicted molar refractivity (Wildman–Crippen MR) is 188 cm³/mol. The molecular weight excluding hydrogens is 618 g/mol. The summed E-state index contributed by atoms with van der Waals surface area (Å²) in [6.45, 7) is 16.5. The van der Waals surface area contributed by atoms with Crippen LogP contribution >= 0.6 is 0 Å². The lowest BCUT2D eigenvalue weighted by Crippen LogP contribution is -2.68. The third kappa shape index (κ3) is 5.24. The van der Waals surface area contributed by atoms with Gasteiger partial charge in [-0.15, -0.1) is 0 Å². The highest BCUT2D eigenvalue weighted by molar-refractivity contribution is 5.97. The highest BCUT2D eigenvalue weighted by Gasteiger charge is 2.72. The molecule has 4 fully saturated rings. The number of carbonyl (C=O) groups excluding carboxylic acids is 3. The molecule has 0 radical (unpaired) electrons. The van der Waals surface area contributed by atoms with Crippen molar-refractivity contribution in [2.75, 3.05) is 11.9 Å². The molecule has 0 aliphatic heterocycles. The fourth-order valence-corrected chi connectivity index (χ4v) is 12.5. The number of esters is 2. The lowest BCUT2D eigenvalue weighted by atomic mass is 9.33. The number of aliphatic hydroxyl groups is 2. The molecule has 5 aliphatic rings. The van der Waals surface area contributed by atoms with Crippen LogP contribution in [0.5, 0.6) is 0 Å². The zero-order valence-corrected chi connectivity index (χ0v) is 31.0. The monoisotopic (exact) mass is 677 g/mol. The van der Waals surface area contributed by atoms with E-state index < -0.39 is 16.4 Å². The molecule has 4 saturated carbocycles. The van der Waals surface area contributed by atoms with Gasteiger partial charge < -0.3 is 25.0 Å². The molecule has 5 aliphatic carbocycles. The van der Waals surface area contributed by atoms with Crippen molar-refractivity contribution in [2.24, 2.45) is 50.7 Å². The maximum Gasteiger partial charge on any atom is 0.302 e.